The standard InChI is InChI=1S/C16H28O2Si/c1-8-9-15(17)11-10-14(2)12-13-18-19(6,7)16(3,4)5/h8-9,12,15,17H,13H2,1-7H3/b9-8+,14-12-. The molecule has 0 spiro atoms. The summed E-state index contributed by atoms with van der Waals surface area (Å²) in [5.41, 5.74) is 0.933. The Hall–Kier alpha value is -0.823. The summed E-state index contributed by atoms with van der Waals surface area (Å²) < 4.78 is 6.04. The molecule has 3 heteroatoms. The fourth-order valence-corrected chi connectivity index (χ4v) is 1.99. The molecule has 0 aliphatic rings. The summed E-state index contributed by atoms with van der Waals surface area (Å²) in [7, 11) is -1.68. The zero-order valence-electron chi connectivity index (χ0n) is 13.4. The molecule has 0 saturated heterocycles. The number of allylic oxidation sites excluding steroid dienone is 2. The molecule has 0 aromatic carbocycles. The quantitative estimate of drug-likeness (QED) is 0.481. The molecule has 0 fully saturated rings. The van der Waals surface area contributed by atoms with Crippen molar-refractivity contribution in [3.05, 3.63) is 23.8 Å². The van der Waals surface area contributed by atoms with Gasteiger partial charge in [0.1, 0.15) is 6.10 Å². The molecule has 0 aromatic rings. The Morgan fingerprint density at radius 1 is 1.37 bits per heavy atom. The van der Waals surface area contributed by atoms with Gasteiger partial charge >= 0.3 is 0 Å². The third kappa shape index (κ3) is 7.37. The van der Waals surface area contributed by atoms with E-state index in [1.807, 2.05) is 19.9 Å². The monoisotopic (exact) mass is 280 g/mol. The highest BCUT2D eigenvalue weighted by atomic mass is 28.4. The summed E-state index contributed by atoms with van der Waals surface area (Å²) >= 11 is 0. The second kappa shape index (κ2) is 7.69. The zero-order valence-corrected chi connectivity index (χ0v) is 14.4. The van der Waals surface area contributed by atoms with Crippen LogP contribution in [-0.4, -0.2) is 26.1 Å². The van der Waals surface area contributed by atoms with E-state index >= 15 is 0 Å². The van der Waals surface area contributed by atoms with E-state index < -0.39 is 14.4 Å². The van der Waals surface area contributed by atoms with Crippen molar-refractivity contribution in [2.75, 3.05) is 6.61 Å². The predicted molar refractivity (Wildman–Crippen MR) is 85.5 cm³/mol. The van der Waals surface area contributed by atoms with Gasteiger partial charge in [0.05, 0.1) is 6.61 Å². The Balaban J connectivity index is 4.43. The Morgan fingerprint density at radius 2 is 1.95 bits per heavy atom. The van der Waals surface area contributed by atoms with E-state index in [1.165, 1.54) is 0 Å². The van der Waals surface area contributed by atoms with E-state index in [-0.39, 0.29) is 5.04 Å². The van der Waals surface area contributed by atoms with Crippen molar-refractivity contribution in [1.29, 1.82) is 0 Å². The fraction of sp³-hybridized carbons (Fsp3) is 0.625. The van der Waals surface area contributed by atoms with Crippen LogP contribution in [0.15, 0.2) is 23.8 Å². The molecule has 0 aliphatic heterocycles. The number of aliphatic hydroxyl groups excluding tert-OH is 1. The maximum atomic E-state index is 9.45. The molecule has 0 aromatic heterocycles. The summed E-state index contributed by atoms with van der Waals surface area (Å²) in [6.07, 6.45) is 4.75. The lowest BCUT2D eigenvalue weighted by atomic mass is 10.2. The van der Waals surface area contributed by atoms with Crippen molar-refractivity contribution in [1.82, 2.24) is 0 Å². The molecular formula is C16H28O2Si. The lowest BCUT2D eigenvalue weighted by Crippen LogP contribution is -2.40. The van der Waals surface area contributed by atoms with Crippen molar-refractivity contribution in [2.24, 2.45) is 0 Å². The smallest absolute Gasteiger partial charge is 0.192 e. The normalized spacial score (nSPS) is 15.3. The number of hydrogen-bond donors (Lipinski definition) is 1. The highest BCUT2D eigenvalue weighted by Gasteiger charge is 2.36. The van der Waals surface area contributed by atoms with Crippen molar-refractivity contribution >= 4 is 8.32 Å². The first-order chi connectivity index (χ1) is 8.60. The molecule has 1 atom stereocenters. The van der Waals surface area contributed by atoms with Gasteiger partial charge in [-0.3, -0.25) is 0 Å². The van der Waals surface area contributed by atoms with Crippen molar-refractivity contribution in [3.63, 3.8) is 0 Å². The minimum atomic E-state index is -1.68. The van der Waals surface area contributed by atoms with Crippen LogP contribution >= 0.6 is 0 Å². The third-order valence-electron chi connectivity index (χ3n) is 3.43. The first-order valence-electron chi connectivity index (χ1n) is 6.73. The predicted octanol–water partition coefficient (Wildman–Crippen LogP) is 3.89. The van der Waals surface area contributed by atoms with E-state index in [1.54, 1.807) is 12.2 Å². The maximum Gasteiger partial charge on any atom is 0.192 e. The first kappa shape index (κ1) is 18.2. The Labute approximate surface area is 119 Å². The highest BCUT2D eigenvalue weighted by molar-refractivity contribution is 6.74. The third-order valence-corrected chi connectivity index (χ3v) is 7.93. The number of hydrogen-bond acceptors (Lipinski definition) is 2. The van der Waals surface area contributed by atoms with Crippen molar-refractivity contribution < 1.29 is 9.53 Å². The van der Waals surface area contributed by atoms with Crippen LogP contribution in [0.2, 0.25) is 18.1 Å². The molecule has 0 amide bonds. The summed E-state index contributed by atoms with van der Waals surface area (Å²) in [5, 5.41) is 9.67. The van der Waals surface area contributed by atoms with Crippen LogP contribution < -0.4 is 0 Å². The van der Waals surface area contributed by atoms with Gasteiger partial charge in [-0.1, -0.05) is 38.7 Å². The second-order valence-corrected chi connectivity index (χ2v) is 11.0. The van der Waals surface area contributed by atoms with E-state index in [9.17, 15) is 5.11 Å². The topological polar surface area (TPSA) is 29.5 Å². The first-order valence-corrected chi connectivity index (χ1v) is 9.64. The van der Waals surface area contributed by atoms with E-state index in [4.69, 9.17) is 4.43 Å². The minimum Gasteiger partial charge on any atom is -0.413 e. The van der Waals surface area contributed by atoms with E-state index in [0.717, 1.165) is 5.57 Å². The molecule has 108 valence electrons. The van der Waals surface area contributed by atoms with Gasteiger partial charge in [-0.15, -0.1) is 0 Å². The summed E-state index contributed by atoms with van der Waals surface area (Å²) in [6, 6.07) is 0. The molecule has 1 N–H and O–H groups in total. The van der Waals surface area contributed by atoms with Gasteiger partial charge in [-0.05, 0) is 49.7 Å². The van der Waals surface area contributed by atoms with Gasteiger partial charge in [-0.25, -0.2) is 0 Å². The van der Waals surface area contributed by atoms with Crippen LogP contribution in [0, 0.1) is 11.8 Å². The molecule has 0 aliphatic carbocycles. The van der Waals surface area contributed by atoms with Crippen molar-refractivity contribution in [2.45, 2.75) is 58.9 Å². The van der Waals surface area contributed by atoms with Gasteiger partial charge in [-0.2, -0.15) is 0 Å². The number of rotatable bonds is 4. The highest BCUT2D eigenvalue weighted by Crippen LogP contribution is 2.36. The van der Waals surface area contributed by atoms with Crippen LogP contribution in [0.5, 0.6) is 0 Å². The molecule has 19 heavy (non-hydrogen) atoms. The molecule has 0 radical (unpaired) electrons. The van der Waals surface area contributed by atoms with Gasteiger partial charge < -0.3 is 9.53 Å². The summed E-state index contributed by atoms with van der Waals surface area (Å²) in [6.45, 7) is 15.5. The summed E-state index contributed by atoms with van der Waals surface area (Å²) in [5.74, 6) is 5.70. The molecule has 1 unspecified atom stereocenters. The SMILES string of the molecule is C/C=C/C(O)C#C/C(C)=C\CO[Si](C)(C)C(C)(C)C. The Kier molecular flexibility index (Phi) is 7.36. The molecule has 0 saturated carbocycles. The van der Waals surface area contributed by atoms with Crippen LogP contribution in [0.25, 0.3) is 0 Å². The van der Waals surface area contributed by atoms with Gasteiger partial charge in [0, 0.05) is 0 Å². The zero-order chi connectivity index (χ0) is 15.1. The van der Waals surface area contributed by atoms with Gasteiger partial charge in [0.25, 0.3) is 0 Å². The van der Waals surface area contributed by atoms with E-state index in [0.29, 0.717) is 6.61 Å². The van der Waals surface area contributed by atoms with Gasteiger partial charge in [0.2, 0.25) is 0 Å². The second-order valence-electron chi connectivity index (χ2n) is 6.20. The lowest BCUT2D eigenvalue weighted by molar-refractivity contribution is 0.280. The molecule has 0 rings (SSSR count). The Morgan fingerprint density at radius 3 is 2.42 bits per heavy atom. The van der Waals surface area contributed by atoms with Crippen LogP contribution in [0.4, 0.5) is 0 Å². The molecule has 0 bridgehead atoms. The molecular weight excluding hydrogens is 252 g/mol. The lowest BCUT2D eigenvalue weighted by Gasteiger charge is -2.35. The van der Waals surface area contributed by atoms with Gasteiger partial charge in [0.15, 0.2) is 8.32 Å². The van der Waals surface area contributed by atoms with Crippen LogP contribution in [0.3, 0.4) is 0 Å². The fourth-order valence-electron chi connectivity index (χ4n) is 1.06. The van der Waals surface area contributed by atoms with Crippen LogP contribution in [0.1, 0.15) is 34.6 Å². The maximum absolute atomic E-state index is 9.45. The minimum absolute atomic E-state index is 0.225. The van der Waals surface area contributed by atoms with Crippen molar-refractivity contribution in [3.8, 4) is 11.8 Å². The number of aliphatic hydroxyl groups is 1. The average Bonchev–Trinajstić information content (AvgIpc) is 2.25. The van der Waals surface area contributed by atoms with E-state index in [2.05, 4.69) is 45.7 Å². The largest absolute Gasteiger partial charge is 0.413 e. The summed E-state index contributed by atoms with van der Waals surface area (Å²) in [4.78, 5) is 0. The average molecular weight is 280 g/mol. The Bertz CT molecular complexity index is 389. The molecule has 0 heterocycles. The molecule has 2 nitrogen and oxygen atoms in total. The van der Waals surface area contributed by atoms with Crippen LogP contribution in [-0.2, 0) is 4.43 Å².